The predicted molar refractivity (Wildman–Crippen MR) is 153 cm³/mol. The Morgan fingerprint density at radius 1 is 0.368 bits per heavy atom. The standard InChI is InChI=1S/C34H20N2O2/c35-17-7-9-21-25-13-11-19(23-3-1-5-27(31(23)25)33(37)29(21)15-17)20-12-14-26-22-10-8-18(36)16-30(22)34(38)28-6-2-4-24(20)32(26)28/h1-16H,35-36H2. The smallest absolute Gasteiger partial charge is 0.194 e. The highest BCUT2D eigenvalue weighted by atomic mass is 16.1. The summed E-state index contributed by atoms with van der Waals surface area (Å²) in [4.78, 5) is 27.0. The van der Waals surface area contributed by atoms with Gasteiger partial charge in [0.05, 0.1) is 0 Å². The van der Waals surface area contributed by atoms with Crippen LogP contribution in [-0.4, -0.2) is 11.6 Å². The molecule has 2 aliphatic carbocycles. The van der Waals surface area contributed by atoms with E-state index in [1.165, 1.54) is 0 Å². The Bertz CT molecular complexity index is 1940. The van der Waals surface area contributed by atoms with Crippen LogP contribution in [-0.2, 0) is 0 Å². The molecule has 6 aromatic rings. The van der Waals surface area contributed by atoms with Gasteiger partial charge < -0.3 is 11.5 Å². The summed E-state index contributed by atoms with van der Waals surface area (Å²) < 4.78 is 0. The van der Waals surface area contributed by atoms with Gasteiger partial charge in [-0.05, 0) is 68.4 Å². The predicted octanol–water partition coefficient (Wildman–Crippen LogP) is 7.25. The van der Waals surface area contributed by atoms with Crippen molar-refractivity contribution in [2.45, 2.75) is 0 Å². The number of hydrogen-bond donors (Lipinski definition) is 2. The van der Waals surface area contributed by atoms with Gasteiger partial charge in [-0.1, -0.05) is 72.8 Å². The summed E-state index contributed by atoms with van der Waals surface area (Å²) >= 11 is 0. The van der Waals surface area contributed by atoms with Crippen LogP contribution in [0.2, 0.25) is 0 Å². The molecule has 0 spiro atoms. The molecule has 178 valence electrons. The number of anilines is 2. The maximum absolute atomic E-state index is 13.5. The molecule has 0 amide bonds. The van der Waals surface area contributed by atoms with E-state index in [1.807, 2.05) is 48.5 Å². The van der Waals surface area contributed by atoms with Crippen molar-refractivity contribution in [2.75, 3.05) is 11.5 Å². The second-order valence-electron chi connectivity index (χ2n) is 10.0. The first-order chi connectivity index (χ1) is 18.5. The van der Waals surface area contributed by atoms with Gasteiger partial charge in [0.2, 0.25) is 0 Å². The van der Waals surface area contributed by atoms with Gasteiger partial charge in [0.25, 0.3) is 0 Å². The van der Waals surface area contributed by atoms with Crippen molar-refractivity contribution < 1.29 is 9.59 Å². The van der Waals surface area contributed by atoms with Crippen molar-refractivity contribution in [3.8, 4) is 33.4 Å². The van der Waals surface area contributed by atoms with Crippen LogP contribution in [0.25, 0.3) is 54.9 Å². The van der Waals surface area contributed by atoms with Gasteiger partial charge in [-0.25, -0.2) is 0 Å². The molecule has 8 rings (SSSR count). The summed E-state index contributed by atoms with van der Waals surface area (Å²) in [6.07, 6.45) is 0. The Labute approximate surface area is 218 Å². The highest BCUT2D eigenvalue weighted by Gasteiger charge is 2.29. The zero-order valence-electron chi connectivity index (χ0n) is 20.2. The number of ketones is 2. The van der Waals surface area contributed by atoms with Crippen LogP contribution in [0, 0.1) is 0 Å². The number of benzene rings is 6. The molecule has 4 heteroatoms. The fraction of sp³-hybridized carbons (Fsp3) is 0. The summed E-state index contributed by atoms with van der Waals surface area (Å²) in [7, 11) is 0. The molecule has 38 heavy (non-hydrogen) atoms. The van der Waals surface area contributed by atoms with E-state index in [4.69, 9.17) is 11.5 Å². The Hall–Kier alpha value is -5.22. The summed E-state index contributed by atoms with van der Waals surface area (Å²) in [5, 5.41) is 3.91. The fourth-order valence-electron chi connectivity index (χ4n) is 6.37. The maximum Gasteiger partial charge on any atom is 0.194 e. The topological polar surface area (TPSA) is 86.2 Å². The third-order valence-electron chi connectivity index (χ3n) is 8.02. The lowest BCUT2D eigenvalue weighted by Crippen LogP contribution is -2.11. The van der Waals surface area contributed by atoms with E-state index < -0.39 is 0 Å². The zero-order chi connectivity index (χ0) is 25.7. The number of fused-ring (bicyclic) bond motifs is 4. The number of nitrogen functional groups attached to an aromatic ring is 2. The molecule has 0 atom stereocenters. The molecule has 0 fully saturated rings. The fourth-order valence-corrected chi connectivity index (χ4v) is 6.37. The summed E-state index contributed by atoms with van der Waals surface area (Å²) in [6, 6.07) is 31.3. The average Bonchev–Trinajstić information content (AvgIpc) is 2.94. The molecule has 0 radical (unpaired) electrons. The van der Waals surface area contributed by atoms with Gasteiger partial charge in [-0.15, -0.1) is 0 Å². The van der Waals surface area contributed by atoms with Gasteiger partial charge in [0, 0.05) is 44.4 Å². The molecule has 0 aromatic heterocycles. The van der Waals surface area contributed by atoms with E-state index in [9.17, 15) is 9.59 Å². The minimum atomic E-state index is -0.0130. The summed E-state index contributed by atoms with van der Waals surface area (Å²) in [5.41, 5.74) is 21.7. The minimum absolute atomic E-state index is 0.0130. The van der Waals surface area contributed by atoms with Crippen LogP contribution < -0.4 is 11.5 Å². The first kappa shape index (κ1) is 20.9. The molecular formula is C34H20N2O2. The average molecular weight is 489 g/mol. The van der Waals surface area contributed by atoms with Gasteiger partial charge in [0.1, 0.15) is 0 Å². The molecule has 0 saturated carbocycles. The lowest BCUT2D eigenvalue weighted by Gasteiger charge is -2.24. The van der Waals surface area contributed by atoms with E-state index >= 15 is 0 Å². The second kappa shape index (κ2) is 7.17. The lowest BCUT2D eigenvalue weighted by molar-refractivity contribution is 0.103. The van der Waals surface area contributed by atoms with E-state index in [0.717, 1.165) is 54.9 Å². The second-order valence-corrected chi connectivity index (χ2v) is 10.0. The van der Waals surface area contributed by atoms with Crippen LogP contribution in [0.1, 0.15) is 31.8 Å². The molecule has 0 saturated heterocycles. The van der Waals surface area contributed by atoms with Gasteiger partial charge in [-0.3, -0.25) is 9.59 Å². The largest absolute Gasteiger partial charge is 0.399 e. The summed E-state index contributed by atoms with van der Waals surface area (Å²) in [5.74, 6) is -0.0261. The van der Waals surface area contributed by atoms with Crippen molar-refractivity contribution in [1.82, 2.24) is 0 Å². The van der Waals surface area contributed by atoms with Gasteiger partial charge in [0.15, 0.2) is 11.6 Å². The molecule has 0 bridgehead atoms. The molecular weight excluding hydrogens is 468 g/mol. The summed E-state index contributed by atoms with van der Waals surface area (Å²) in [6.45, 7) is 0. The van der Waals surface area contributed by atoms with E-state index in [0.29, 0.717) is 33.6 Å². The van der Waals surface area contributed by atoms with E-state index in [1.54, 1.807) is 12.1 Å². The zero-order valence-corrected chi connectivity index (χ0v) is 20.2. The van der Waals surface area contributed by atoms with Crippen LogP contribution in [0.3, 0.4) is 0 Å². The first-order valence-corrected chi connectivity index (χ1v) is 12.5. The Kier molecular flexibility index (Phi) is 3.95. The van der Waals surface area contributed by atoms with E-state index in [2.05, 4.69) is 36.4 Å². The Balaban J connectivity index is 1.44. The SMILES string of the molecule is Nc1ccc2c(c1)C(=O)c1cccc3c(-c4ccc5c6c(cccc46)C(=O)c4cc(N)ccc4-5)ccc-2c13. The quantitative estimate of drug-likeness (QED) is 0.238. The molecule has 0 unspecified atom stereocenters. The molecule has 0 heterocycles. The maximum atomic E-state index is 13.5. The number of rotatable bonds is 1. The Morgan fingerprint density at radius 3 is 1.21 bits per heavy atom. The van der Waals surface area contributed by atoms with Crippen molar-refractivity contribution in [2.24, 2.45) is 0 Å². The number of nitrogens with two attached hydrogens (primary N) is 2. The Morgan fingerprint density at radius 2 is 0.763 bits per heavy atom. The third kappa shape index (κ3) is 2.58. The van der Waals surface area contributed by atoms with Crippen LogP contribution in [0.15, 0.2) is 97.1 Å². The first-order valence-electron chi connectivity index (χ1n) is 12.5. The van der Waals surface area contributed by atoms with Crippen molar-refractivity contribution in [3.63, 3.8) is 0 Å². The number of hydrogen-bond acceptors (Lipinski definition) is 4. The van der Waals surface area contributed by atoms with Crippen LogP contribution in [0.5, 0.6) is 0 Å². The highest BCUT2D eigenvalue weighted by Crippen LogP contribution is 2.47. The molecule has 2 aliphatic rings. The number of carbonyl (C=O) groups is 2. The van der Waals surface area contributed by atoms with Crippen LogP contribution >= 0.6 is 0 Å². The van der Waals surface area contributed by atoms with Gasteiger partial charge >= 0.3 is 0 Å². The van der Waals surface area contributed by atoms with Crippen molar-refractivity contribution in [1.29, 1.82) is 0 Å². The highest BCUT2D eigenvalue weighted by molar-refractivity contribution is 6.30. The minimum Gasteiger partial charge on any atom is -0.399 e. The van der Waals surface area contributed by atoms with Crippen molar-refractivity contribution in [3.05, 3.63) is 119 Å². The third-order valence-corrected chi connectivity index (χ3v) is 8.02. The van der Waals surface area contributed by atoms with Crippen LogP contribution in [0.4, 0.5) is 11.4 Å². The van der Waals surface area contributed by atoms with Crippen molar-refractivity contribution >= 4 is 44.5 Å². The number of carbonyl (C=O) groups excluding carboxylic acids is 2. The monoisotopic (exact) mass is 488 g/mol. The van der Waals surface area contributed by atoms with Gasteiger partial charge in [-0.2, -0.15) is 0 Å². The normalized spacial score (nSPS) is 13.1. The molecule has 6 aromatic carbocycles. The molecule has 4 nitrogen and oxygen atoms in total. The molecule has 4 N–H and O–H groups in total. The molecule has 0 aliphatic heterocycles. The van der Waals surface area contributed by atoms with E-state index in [-0.39, 0.29) is 11.6 Å². The lowest BCUT2D eigenvalue weighted by atomic mass is 9.78.